The summed E-state index contributed by atoms with van der Waals surface area (Å²) in [6.45, 7) is 14.3. The van der Waals surface area contributed by atoms with Crippen LogP contribution in [-0.4, -0.2) is 43.3 Å². The summed E-state index contributed by atoms with van der Waals surface area (Å²) in [5, 5.41) is 0. The first kappa shape index (κ1) is 19.4. The number of carbonyl (C=O) groups excluding carboxylic acids is 1. The normalized spacial score (nSPS) is 12.8. The molecule has 0 saturated heterocycles. The van der Waals surface area contributed by atoms with Gasteiger partial charge in [-0.2, -0.15) is 0 Å². The number of hydrogen-bond donors (Lipinski definition) is 0. The number of carbonyl (C=O) groups is 1. The Morgan fingerprint density at radius 3 is 1.90 bits per heavy atom. The molecule has 0 spiro atoms. The standard InChI is InChI=1S/C15H30O5/c1-8-17-12(18-9-2)10-11-19-15(6,7)13(16)20-14(3,4)5/h12H,8-11H2,1-7H3. The van der Waals surface area contributed by atoms with Crippen LogP contribution in [-0.2, 0) is 23.7 Å². The van der Waals surface area contributed by atoms with E-state index in [4.69, 9.17) is 18.9 Å². The molecule has 0 aliphatic carbocycles. The molecular weight excluding hydrogens is 260 g/mol. The Morgan fingerprint density at radius 2 is 1.50 bits per heavy atom. The Hall–Kier alpha value is -0.650. The largest absolute Gasteiger partial charge is 0.458 e. The van der Waals surface area contributed by atoms with Gasteiger partial charge in [0.1, 0.15) is 5.60 Å². The molecule has 0 aromatic heterocycles. The average molecular weight is 290 g/mol. The van der Waals surface area contributed by atoms with Gasteiger partial charge in [0, 0.05) is 19.6 Å². The highest BCUT2D eigenvalue weighted by Gasteiger charge is 2.33. The molecule has 0 atom stereocenters. The first-order chi connectivity index (χ1) is 9.12. The van der Waals surface area contributed by atoms with E-state index >= 15 is 0 Å². The highest BCUT2D eigenvalue weighted by Crippen LogP contribution is 2.18. The maximum Gasteiger partial charge on any atom is 0.338 e. The molecule has 0 unspecified atom stereocenters. The van der Waals surface area contributed by atoms with Crippen molar-refractivity contribution >= 4 is 5.97 Å². The molecule has 0 rings (SSSR count). The second-order valence-electron chi connectivity index (χ2n) is 5.99. The second kappa shape index (κ2) is 8.60. The smallest absolute Gasteiger partial charge is 0.338 e. The summed E-state index contributed by atoms with van der Waals surface area (Å²) in [6, 6.07) is 0. The summed E-state index contributed by atoms with van der Waals surface area (Å²) in [5.41, 5.74) is -1.49. The van der Waals surface area contributed by atoms with Gasteiger partial charge >= 0.3 is 5.97 Å². The third kappa shape index (κ3) is 8.51. The molecule has 0 radical (unpaired) electrons. The Balaban J connectivity index is 4.23. The van der Waals surface area contributed by atoms with Crippen molar-refractivity contribution in [2.24, 2.45) is 0 Å². The molecular formula is C15H30O5. The van der Waals surface area contributed by atoms with Crippen LogP contribution < -0.4 is 0 Å². The van der Waals surface area contributed by atoms with Crippen molar-refractivity contribution < 1.29 is 23.7 Å². The van der Waals surface area contributed by atoms with Crippen LogP contribution in [0.15, 0.2) is 0 Å². The van der Waals surface area contributed by atoms with E-state index in [1.807, 2.05) is 34.6 Å². The molecule has 0 fully saturated rings. The molecule has 5 heteroatoms. The van der Waals surface area contributed by atoms with Crippen LogP contribution in [0.5, 0.6) is 0 Å². The fraction of sp³-hybridized carbons (Fsp3) is 0.933. The molecule has 0 saturated carbocycles. The molecule has 0 N–H and O–H groups in total. The van der Waals surface area contributed by atoms with Gasteiger partial charge < -0.3 is 18.9 Å². The lowest BCUT2D eigenvalue weighted by Gasteiger charge is -2.29. The van der Waals surface area contributed by atoms with E-state index in [-0.39, 0.29) is 12.3 Å². The van der Waals surface area contributed by atoms with Crippen molar-refractivity contribution in [3.05, 3.63) is 0 Å². The van der Waals surface area contributed by atoms with Crippen molar-refractivity contribution in [1.82, 2.24) is 0 Å². The zero-order valence-electron chi connectivity index (χ0n) is 13.9. The lowest BCUT2D eigenvalue weighted by Crippen LogP contribution is -2.41. The van der Waals surface area contributed by atoms with Gasteiger partial charge in [0.25, 0.3) is 0 Å². The Morgan fingerprint density at radius 1 is 1.00 bits per heavy atom. The lowest BCUT2D eigenvalue weighted by molar-refractivity contribution is -0.186. The minimum Gasteiger partial charge on any atom is -0.458 e. The summed E-state index contributed by atoms with van der Waals surface area (Å²) in [6.07, 6.45) is 0.285. The number of hydrogen-bond acceptors (Lipinski definition) is 5. The van der Waals surface area contributed by atoms with Gasteiger partial charge in [-0.05, 0) is 48.5 Å². The molecule has 0 aromatic carbocycles. The summed E-state index contributed by atoms with van der Waals surface area (Å²) in [4.78, 5) is 12.0. The van der Waals surface area contributed by atoms with Crippen LogP contribution in [0.4, 0.5) is 0 Å². The number of rotatable bonds is 9. The predicted octanol–water partition coefficient (Wildman–Crippen LogP) is 2.91. The Kier molecular flexibility index (Phi) is 8.32. The average Bonchev–Trinajstić information content (AvgIpc) is 2.27. The van der Waals surface area contributed by atoms with E-state index < -0.39 is 11.2 Å². The molecule has 20 heavy (non-hydrogen) atoms. The number of ether oxygens (including phenoxy) is 4. The maximum absolute atomic E-state index is 12.0. The summed E-state index contributed by atoms with van der Waals surface area (Å²) >= 11 is 0. The fourth-order valence-corrected chi connectivity index (χ4v) is 1.46. The van der Waals surface area contributed by atoms with E-state index in [1.165, 1.54) is 0 Å². The zero-order valence-corrected chi connectivity index (χ0v) is 13.9. The van der Waals surface area contributed by atoms with Crippen molar-refractivity contribution in [2.75, 3.05) is 19.8 Å². The van der Waals surface area contributed by atoms with Crippen LogP contribution in [0.2, 0.25) is 0 Å². The van der Waals surface area contributed by atoms with E-state index in [0.29, 0.717) is 26.2 Å². The lowest BCUT2D eigenvalue weighted by atomic mass is 10.1. The molecule has 0 heterocycles. The molecule has 0 aliphatic rings. The van der Waals surface area contributed by atoms with Gasteiger partial charge in [0.15, 0.2) is 11.9 Å². The molecule has 0 aromatic rings. The van der Waals surface area contributed by atoms with Gasteiger partial charge in [-0.25, -0.2) is 4.79 Å². The van der Waals surface area contributed by atoms with Crippen LogP contribution in [0, 0.1) is 0 Å². The van der Waals surface area contributed by atoms with Crippen molar-refractivity contribution in [3.8, 4) is 0 Å². The number of esters is 1. The minimum absolute atomic E-state index is 0.292. The van der Waals surface area contributed by atoms with Gasteiger partial charge in [0.05, 0.1) is 6.61 Å². The van der Waals surface area contributed by atoms with Crippen LogP contribution >= 0.6 is 0 Å². The van der Waals surface area contributed by atoms with E-state index in [0.717, 1.165) is 0 Å². The maximum atomic E-state index is 12.0. The fourth-order valence-electron chi connectivity index (χ4n) is 1.46. The highest BCUT2D eigenvalue weighted by atomic mass is 16.7. The third-order valence-electron chi connectivity index (χ3n) is 2.41. The van der Waals surface area contributed by atoms with Gasteiger partial charge in [-0.15, -0.1) is 0 Å². The van der Waals surface area contributed by atoms with E-state index in [9.17, 15) is 4.79 Å². The zero-order chi connectivity index (χ0) is 15.8. The molecule has 0 bridgehead atoms. The molecule has 120 valence electrons. The highest BCUT2D eigenvalue weighted by molar-refractivity contribution is 5.78. The van der Waals surface area contributed by atoms with Gasteiger partial charge in [-0.1, -0.05) is 0 Å². The van der Waals surface area contributed by atoms with E-state index in [1.54, 1.807) is 13.8 Å². The summed E-state index contributed by atoms with van der Waals surface area (Å²) in [7, 11) is 0. The predicted molar refractivity (Wildman–Crippen MR) is 77.5 cm³/mol. The van der Waals surface area contributed by atoms with Gasteiger partial charge in [-0.3, -0.25) is 0 Å². The van der Waals surface area contributed by atoms with Crippen molar-refractivity contribution in [2.45, 2.75) is 72.4 Å². The van der Waals surface area contributed by atoms with Crippen LogP contribution in [0.3, 0.4) is 0 Å². The van der Waals surface area contributed by atoms with Gasteiger partial charge in [0.2, 0.25) is 0 Å². The van der Waals surface area contributed by atoms with Crippen LogP contribution in [0.25, 0.3) is 0 Å². The Bertz CT molecular complexity index is 274. The molecule has 5 nitrogen and oxygen atoms in total. The van der Waals surface area contributed by atoms with Crippen molar-refractivity contribution in [3.63, 3.8) is 0 Å². The quantitative estimate of drug-likeness (QED) is 0.483. The first-order valence-electron chi connectivity index (χ1n) is 7.23. The Labute approximate surface area is 122 Å². The van der Waals surface area contributed by atoms with E-state index in [2.05, 4.69) is 0 Å². The van der Waals surface area contributed by atoms with Crippen molar-refractivity contribution in [1.29, 1.82) is 0 Å². The second-order valence-corrected chi connectivity index (χ2v) is 5.99. The summed E-state index contributed by atoms with van der Waals surface area (Å²) in [5.74, 6) is -0.366. The SMILES string of the molecule is CCOC(CCOC(C)(C)C(=O)OC(C)(C)C)OCC. The first-order valence-corrected chi connectivity index (χ1v) is 7.23. The monoisotopic (exact) mass is 290 g/mol. The topological polar surface area (TPSA) is 54.0 Å². The van der Waals surface area contributed by atoms with Crippen LogP contribution in [0.1, 0.15) is 54.9 Å². The summed E-state index contributed by atoms with van der Waals surface area (Å²) < 4.78 is 21.8. The minimum atomic E-state index is -0.976. The third-order valence-corrected chi connectivity index (χ3v) is 2.41. The molecule has 0 aliphatic heterocycles. The molecule has 0 amide bonds.